The number of aliphatic hydroxyl groups is 1. The van der Waals surface area contributed by atoms with E-state index in [-0.39, 0.29) is 12.0 Å². The Hall–Kier alpha value is -0.680. The molecule has 1 aromatic carbocycles. The molecule has 0 bridgehead atoms. The first-order valence-electron chi connectivity index (χ1n) is 5.35. The van der Waals surface area contributed by atoms with Crippen LogP contribution in [0, 0.1) is 0 Å². The first-order valence-corrected chi connectivity index (χ1v) is 6.14. The Morgan fingerprint density at radius 1 is 1.47 bits per heavy atom. The van der Waals surface area contributed by atoms with Gasteiger partial charge in [-0.1, -0.05) is 6.07 Å². The van der Waals surface area contributed by atoms with Crippen molar-refractivity contribution in [2.24, 2.45) is 0 Å². The molecule has 17 heavy (non-hydrogen) atoms. The van der Waals surface area contributed by atoms with Crippen LogP contribution >= 0.6 is 15.9 Å². The van der Waals surface area contributed by atoms with E-state index in [9.17, 15) is 13.9 Å². The molecule has 1 unspecified atom stereocenters. The van der Waals surface area contributed by atoms with Gasteiger partial charge in [0.05, 0.1) is 7.11 Å². The van der Waals surface area contributed by atoms with Gasteiger partial charge in [-0.2, -0.15) is 8.78 Å². The molecule has 0 radical (unpaired) electrons. The van der Waals surface area contributed by atoms with E-state index in [1.54, 1.807) is 12.1 Å². The third-order valence-corrected chi connectivity index (χ3v) is 3.87. The molecular weight excluding hydrogens is 294 g/mol. The standard InChI is InChI=1S/C12H13BrF2O2/c1-17-9-5-4-8-3-2-6-11(16,10(8)7-9)12(13,14)15/h4-5,7,16H,2-3,6H2,1H3. The van der Waals surface area contributed by atoms with Crippen molar-refractivity contribution in [1.29, 1.82) is 0 Å². The van der Waals surface area contributed by atoms with Gasteiger partial charge < -0.3 is 9.84 Å². The van der Waals surface area contributed by atoms with Crippen LogP contribution in [0.2, 0.25) is 0 Å². The second-order valence-electron chi connectivity index (χ2n) is 4.23. The predicted octanol–water partition coefficient (Wildman–Crippen LogP) is 3.21. The highest BCUT2D eigenvalue weighted by Gasteiger charge is 2.53. The van der Waals surface area contributed by atoms with Crippen molar-refractivity contribution in [3.8, 4) is 5.75 Å². The molecule has 0 saturated heterocycles. The lowest BCUT2D eigenvalue weighted by atomic mass is 9.79. The summed E-state index contributed by atoms with van der Waals surface area (Å²) in [5.74, 6) is 0.473. The Morgan fingerprint density at radius 2 is 2.18 bits per heavy atom. The van der Waals surface area contributed by atoms with Crippen LogP contribution in [0.3, 0.4) is 0 Å². The van der Waals surface area contributed by atoms with E-state index in [2.05, 4.69) is 15.9 Å². The maximum atomic E-state index is 13.5. The normalized spacial score (nSPS) is 24.3. The number of benzene rings is 1. The van der Waals surface area contributed by atoms with E-state index < -0.39 is 10.4 Å². The molecule has 0 spiro atoms. The Morgan fingerprint density at radius 3 is 2.76 bits per heavy atom. The zero-order valence-corrected chi connectivity index (χ0v) is 10.9. The molecule has 0 heterocycles. The van der Waals surface area contributed by atoms with Crippen LogP contribution in [-0.4, -0.2) is 17.0 Å². The van der Waals surface area contributed by atoms with Crippen LogP contribution in [0.5, 0.6) is 5.75 Å². The Labute approximate surface area is 107 Å². The van der Waals surface area contributed by atoms with Gasteiger partial charge in [-0.15, -0.1) is 0 Å². The minimum absolute atomic E-state index is 0.0332. The molecule has 1 aliphatic rings. The molecule has 1 N–H and O–H groups in total. The zero-order valence-electron chi connectivity index (χ0n) is 9.34. The Bertz CT molecular complexity index is 431. The number of hydrogen-bond donors (Lipinski definition) is 1. The first-order chi connectivity index (χ1) is 7.88. The monoisotopic (exact) mass is 306 g/mol. The largest absolute Gasteiger partial charge is 0.497 e. The van der Waals surface area contributed by atoms with Crippen molar-refractivity contribution in [3.05, 3.63) is 29.3 Å². The lowest BCUT2D eigenvalue weighted by molar-refractivity contribution is -0.131. The summed E-state index contributed by atoms with van der Waals surface area (Å²) < 4.78 is 32.1. The highest BCUT2D eigenvalue weighted by molar-refractivity contribution is 9.10. The van der Waals surface area contributed by atoms with Gasteiger partial charge in [0.25, 0.3) is 0 Å². The topological polar surface area (TPSA) is 29.5 Å². The average Bonchev–Trinajstić information content (AvgIpc) is 2.28. The SMILES string of the molecule is COc1ccc2c(c1)C(O)(C(F)(F)Br)CCC2. The fourth-order valence-electron chi connectivity index (χ4n) is 2.25. The van der Waals surface area contributed by atoms with Gasteiger partial charge in [-0.05, 0) is 58.5 Å². The number of hydrogen-bond acceptors (Lipinski definition) is 2. The fourth-order valence-corrected chi connectivity index (χ4v) is 2.66. The number of halogens is 3. The summed E-state index contributed by atoms with van der Waals surface area (Å²) in [6.07, 6.45) is 1.27. The predicted molar refractivity (Wildman–Crippen MR) is 63.7 cm³/mol. The number of rotatable bonds is 2. The van der Waals surface area contributed by atoms with Crippen molar-refractivity contribution in [2.75, 3.05) is 7.11 Å². The first kappa shape index (κ1) is 12.8. The third-order valence-electron chi connectivity index (χ3n) is 3.22. The van der Waals surface area contributed by atoms with Crippen LogP contribution in [0.15, 0.2) is 18.2 Å². The lowest BCUT2D eigenvalue weighted by Gasteiger charge is -2.37. The summed E-state index contributed by atoms with van der Waals surface area (Å²) in [6.45, 7) is 0. The van der Waals surface area contributed by atoms with Gasteiger partial charge in [-0.25, -0.2) is 0 Å². The molecular formula is C12H13BrF2O2. The molecule has 0 amide bonds. The van der Waals surface area contributed by atoms with Crippen LogP contribution < -0.4 is 4.74 Å². The van der Waals surface area contributed by atoms with Crippen molar-refractivity contribution in [2.45, 2.75) is 29.7 Å². The molecule has 0 fully saturated rings. The number of ether oxygens (including phenoxy) is 1. The van der Waals surface area contributed by atoms with E-state index in [0.717, 1.165) is 5.56 Å². The number of alkyl halides is 3. The molecule has 1 aromatic rings. The molecule has 1 atom stereocenters. The van der Waals surface area contributed by atoms with Gasteiger partial charge in [0.15, 0.2) is 5.60 Å². The van der Waals surface area contributed by atoms with Crippen molar-refractivity contribution < 1.29 is 18.6 Å². The maximum absolute atomic E-state index is 13.5. The summed E-state index contributed by atoms with van der Waals surface area (Å²) in [6, 6.07) is 4.94. The summed E-state index contributed by atoms with van der Waals surface area (Å²) in [5.41, 5.74) is -1.15. The second kappa shape index (κ2) is 4.21. The highest BCUT2D eigenvalue weighted by atomic mass is 79.9. The third kappa shape index (κ3) is 2.06. The Balaban J connectivity index is 2.56. The highest BCUT2D eigenvalue weighted by Crippen LogP contribution is 2.49. The van der Waals surface area contributed by atoms with Crippen molar-refractivity contribution in [3.63, 3.8) is 0 Å². The summed E-state index contributed by atoms with van der Waals surface area (Å²) in [7, 11) is 1.47. The smallest absolute Gasteiger partial charge is 0.333 e. The number of fused-ring (bicyclic) bond motifs is 1. The number of aryl methyl sites for hydroxylation is 1. The van der Waals surface area contributed by atoms with Crippen molar-refractivity contribution >= 4 is 15.9 Å². The molecule has 5 heteroatoms. The maximum Gasteiger partial charge on any atom is 0.333 e. The minimum Gasteiger partial charge on any atom is -0.497 e. The molecule has 0 aliphatic heterocycles. The quantitative estimate of drug-likeness (QED) is 0.850. The van der Waals surface area contributed by atoms with Gasteiger partial charge in [0, 0.05) is 0 Å². The molecule has 0 saturated carbocycles. The summed E-state index contributed by atoms with van der Waals surface area (Å²) in [5, 5.41) is 10.2. The van der Waals surface area contributed by atoms with Gasteiger partial charge in [0.1, 0.15) is 5.75 Å². The molecule has 2 rings (SSSR count). The molecule has 0 aromatic heterocycles. The Kier molecular flexibility index (Phi) is 3.16. The van der Waals surface area contributed by atoms with E-state index >= 15 is 0 Å². The number of methoxy groups -OCH3 is 1. The molecule has 2 nitrogen and oxygen atoms in total. The van der Waals surface area contributed by atoms with Crippen molar-refractivity contribution in [1.82, 2.24) is 0 Å². The van der Waals surface area contributed by atoms with Gasteiger partial charge in [-0.3, -0.25) is 0 Å². The van der Waals surface area contributed by atoms with E-state index in [4.69, 9.17) is 4.74 Å². The molecule has 1 aliphatic carbocycles. The minimum atomic E-state index is -3.35. The lowest BCUT2D eigenvalue weighted by Crippen LogP contribution is -2.43. The van der Waals surface area contributed by atoms with Crippen LogP contribution in [0.4, 0.5) is 8.78 Å². The summed E-state index contributed by atoms with van der Waals surface area (Å²) >= 11 is 2.29. The van der Waals surface area contributed by atoms with Crippen LogP contribution in [-0.2, 0) is 12.0 Å². The van der Waals surface area contributed by atoms with Gasteiger partial charge in [0.2, 0.25) is 0 Å². The zero-order chi connectivity index (χ0) is 12.7. The summed E-state index contributed by atoms with van der Waals surface area (Å²) in [4.78, 5) is -3.35. The van der Waals surface area contributed by atoms with E-state index in [1.807, 2.05) is 0 Å². The fraction of sp³-hybridized carbons (Fsp3) is 0.500. The van der Waals surface area contributed by atoms with Crippen LogP contribution in [0.25, 0.3) is 0 Å². The molecule has 94 valence electrons. The second-order valence-corrected chi connectivity index (χ2v) is 5.23. The van der Waals surface area contributed by atoms with E-state index in [0.29, 0.717) is 18.6 Å². The van der Waals surface area contributed by atoms with Gasteiger partial charge >= 0.3 is 4.83 Å². The van der Waals surface area contributed by atoms with E-state index in [1.165, 1.54) is 13.2 Å². The average molecular weight is 307 g/mol. The van der Waals surface area contributed by atoms with Crippen LogP contribution in [0.1, 0.15) is 24.0 Å².